The highest BCUT2D eigenvalue weighted by Crippen LogP contribution is 2.08. The first-order valence-corrected chi connectivity index (χ1v) is 3.70. The third-order valence-electron chi connectivity index (χ3n) is 1.56. The number of rotatable bonds is 3. The quantitative estimate of drug-likeness (QED) is 0.643. The number of carboxylic acids is 1. The monoisotopic (exact) mass is 160 g/mol. The minimum atomic E-state index is -0.921. The van der Waals surface area contributed by atoms with Crippen molar-refractivity contribution in [3.8, 4) is 0 Å². The van der Waals surface area contributed by atoms with Gasteiger partial charge in [-0.15, -0.1) is 0 Å². The zero-order chi connectivity index (χ0) is 8.10. The van der Waals surface area contributed by atoms with Crippen molar-refractivity contribution in [2.24, 2.45) is 0 Å². The second kappa shape index (κ2) is 4.31. The largest absolute Gasteiger partial charge is 0.480 e. The van der Waals surface area contributed by atoms with E-state index in [4.69, 9.17) is 14.6 Å². The predicted octanol–water partition coefficient (Wildman–Crippen LogP) is 0.267. The van der Waals surface area contributed by atoms with Crippen molar-refractivity contribution in [2.45, 2.75) is 18.9 Å². The Balaban J connectivity index is 2.09. The smallest absolute Gasteiger partial charge is 0.329 e. The molecule has 0 bridgehead atoms. The number of aliphatic carboxylic acids is 1. The highest BCUT2D eigenvalue weighted by molar-refractivity contribution is 5.68. The summed E-state index contributed by atoms with van der Waals surface area (Å²) in [5.74, 6) is -0.921. The molecule has 1 atom stereocenters. The van der Waals surface area contributed by atoms with Crippen LogP contribution in [-0.2, 0) is 14.3 Å². The van der Waals surface area contributed by atoms with Crippen LogP contribution in [0.2, 0.25) is 0 Å². The van der Waals surface area contributed by atoms with Gasteiger partial charge in [0.05, 0.1) is 12.7 Å². The molecule has 1 saturated heterocycles. The van der Waals surface area contributed by atoms with Crippen LogP contribution in [-0.4, -0.2) is 37.0 Å². The Morgan fingerprint density at radius 3 is 3.09 bits per heavy atom. The molecule has 4 nitrogen and oxygen atoms in total. The molecule has 0 amide bonds. The molecule has 0 aliphatic carbocycles. The van der Waals surface area contributed by atoms with E-state index < -0.39 is 5.97 Å². The van der Waals surface area contributed by atoms with Crippen molar-refractivity contribution in [3.05, 3.63) is 0 Å². The number of hydrogen-bond acceptors (Lipinski definition) is 3. The Morgan fingerprint density at radius 1 is 1.73 bits per heavy atom. The van der Waals surface area contributed by atoms with E-state index in [9.17, 15) is 4.79 Å². The van der Waals surface area contributed by atoms with Gasteiger partial charge in [-0.3, -0.25) is 0 Å². The summed E-state index contributed by atoms with van der Waals surface area (Å²) in [6.07, 6.45) is 1.86. The van der Waals surface area contributed by atoms with Crippen LogP contribution in [0.1, 0.15) is 12.8 Å². The van der Waals surface area contributed by atoms with Gasteiger partial charge in [-0.25, -0.2) is 4.79 Å². The molecule has 1 heterocycles. The van der Waals surface area contributed by atoms with E-state index in [2.05, 4.69) is 0 Å². The lowest BCUT2D eigenvalue weighted by Crippen LogP contribution is -2.27. The van der Waals surface area contributed by atoms with Crippen LogP contribution in [0.15, 0.2) is 0 Å². The van der Waals surface area contributed by atoms with Crippen LogP contribution in [0.5, 0.6) is 0 Å². The maximum Gasteiger partial charge on any atom is 0.329 e. The molecule has 0 saturated carbocycles. The summed E-state index contributed by atoms with van der Waals surface area (Å²) in [4.78, 5) is 10.1. The summed E-state index contributed by atoms with van der Waals surface area (Å²) in [5, 5.41) is 8.28. The van der Waals surface area contributed by atoms with E-state index in [0.29, 0.717) is 6.61 Å². The van der Waals surface area contributed by atoms with E-state index in [0.717, 1.165) is 19.4 Å². The van der Waals surface area contributed by atoms with Gasteiger partial charge in [0, 0.05) is 6.61 Å². The van der Waals surface area contributed by atoms with Crippen LogP contribution >= 0.6 is 0 Å². The fourth-order valence-electron chi connectivity index (χ4n) is 1.03. The molecule has 1 N–H and O–H groups in total. The lowest BCUT2D eigenvalue weighted by atomic mass is 10.2. The van der Waals surface area contributed by atoms with E-state index in [-0.39, 0.29) is 12.7 Å². The van der Waals surface area contributed by atoms with Gasteiger partial charge in [0.1, 0.15) is 6.61 Å². The molecule has 0 aromatic heterocycles. The van der Waals surface area contributed by atoms with Crippen molar-refractivity contribution in [3.63, 3.8) is 0 Å². The Labute approximate surface area is 65.1 Å². The summed E-state index contributed by atoms with van der Waals surface area (Å²) in [5.41, 5.74) is 0. The number of carbonyl (C=O) groups is 1. The highest BCUT2D eigenvalue weighted by Gasteiger charge is 2.14. The molecular weight excluding hydrogens is 148 g/mol. The Morgan fingerprint density at radius 2 is 2.55 bits per heavy atom. The zero-order valence-electron chi connectivity index (χ0n) is 6.28. The molecule has 1 fully saturated rings. The summed E-state index contributed by atoms with van der Waals surface area (Å²) < 4.78 is 10.1. The SMILES string of the molecule is O=C(O)COC1CCCOC1. The average Bonchev–Trinajstić information content (AvgIpc) is 2.03. The van der Waals surface area contributed by atoms with Crippen molar-refractivity contribution in [2.75, 3.05) is 19.8 Å². The first-order valence-electron chi connectivity index (χ1n) is 3.70. The van der Waals surface area contributed by atoms with Gasteiger partial charge in [-0.2, -0.15) is 0 Å². The second-order valence-electron chi connectivity index (χ2n) is 2.54. The topological polar surface area (TPSA) is 55.8 Å². The first-order chi connectivity index (χ1) is 5.29. The van der Waals surface area contributed by atoms with Crippen LogP contribution in [0.3, 0.4) is 0 Å². The Bertz CT molecular complexity index is 128. The van der Waals surface area contributed by atoms with Gasteiger partial charge in [-0.1, -0.05) is 0 Å². The van der Waals surface area contributed by atoms with Crippen molar-refractivity contribution in [1.29, 1.82) is 0 Å². The van der Waals surface area contributed by atoms with Gasteiger partial charge in [0.2, 0.25) is 0 Å². The van der Waals surface area contributed by atoms with E-state index in [1.165, 1.54) is 0 Å². The van der Waals surface area contributed by atoms with Crippen molar-refractivity contribution in [1.82, 2.24) is 0 Å². The van der Waals surface area contributed by atoms with Gasteiger partial charge in [-0.05, 0) is 12.8 Å². The summed E-state index contributed by atoms with van der Waals surface area (Å²) in [7, 11) is 0. The fraction of sp³-hybridized carbons (Fsp3) is 0.857. The van der Waals surface area contributed by atoms with Crippen LogP contribution in [0, 0.1) is 0 Å². The minimum absolute atomic E-state index is 0.0140. The summed E-state index contributed by atoms with van der Waals surface area (Å²) in [6.45, 7) is 1.09. The second-order valence-corrected chi connectivity index (χ2v) is 2.54. The van der Waals surface area contributed by atoms with Crippen LogP contribution in [0.4, 0.5) is 0 Å². The molecule has 11 heavy (non-hydrogen) atoms. The normalized spacial score (nSPS) is 24.9. The molecule has 1 aliphatic rings. The summed E-state index contributed by atoms with van der Waals surface area (Å²) >= 11 is 0. The standard InChI is InChI=1S/C7H12O4/c8-7(9)5-11-6-2-1-3-10-4-6/h6H,1-5H2,(H,8,9). The van der Waals surface area contributed by atoms with E-state index in [1.807, 2.05) is 0 Å². The Kier molecular flexibility index (Phi) is 3.32. The minimum Gasteiger partial charge on any atom is -0.480 e. The molecule has 1 unspecified atom stereocenters. The maximum absolute atomic E-state index is 10.1. The molecule has 0 spiro atoms. The number of carboxylic acid groups (broad SMARTS) is 1. The molecule has 4 heteroatoms. The fourth-order valence-corrected chi connectivity index (χ4v) is 1.03. The average molecular weight is 160 g/mol. The molecule has 0 aromatic carbocycles. The molecule has 1 aliphatic heterocycles. The third kappa shape index (κ3) is 3.34. The lowest BCUT2D eigenvalue weighted by molar-refractivity contribution is -0.147. The molecule has 0 aromatic rings. The third-order valence-corrected chi connectivity index (χ3v) is 1.56. The predicted molar refractivity (Wildman–Crippen MR) is 37.4 cm³/mol. The molecule has 0 radical (unpaired) electrons. The number of hydrogen-bond donors (Lipinski definition) is 1. The van der Waals surface area contributed by atoms with Crippen molar-refractivity contribution < 1.29 is 19.4 Å². The zero-order valence-corrected chi connectivity index (χ0v) is 6.28. The van der Waals surface area contributed by atoms with Gasteiger partial charge in [0.25, 0.3) is 0 Å². The number of ether oxygens (including phenoxy) is 2. The highest BCUT2D eigenvalue weighted by atomic mass is 16.5. The van der Waals surface area contributed by atoms with Crippen LogP contribution < -0.4 is 0 Å². The van der Waals surface area contributed by atoms with Crippen molar-refractivity contribution >= 4 is 5.97 Å². The van der Waals surface area contributed by atoms with E-state index in [1.54, 1.807) is 0 Å². The summed E-state index contributed by atoms with van der Waals surface area (Å²) in [6, 6.07) is 0. The van der Waals surface area contributed by atoms with Gasteiger partial charge >= 0.3 is 5.97 Å². The van der Waals surface area contributed by atoms with E-state index >= 15 is 0 Å². The van der Waals surface area contributed by atoms with Crippen LogP contribution in [0.25, 0.3) is 0 Å². The molecule has 64 valence electrons. The lowest BCUT2D eigenvalue weighted by Gasteiger charge is -2.21. The first kappa shape index (κ1) is 8.49. The van der Waals surface area contributed by atoms with Gasteiger partial charge in [0.15, 0.2) is 0 Å². The maximum atomic E-state index is 10.1. The van der Waals surface area contributed by atoms with Gasteiger partial charge < -0.3 is 14.6 Å². The molecular formula is C7H12O4. The Hall–Kier alpha value is -0.610. The molecule has 1 rings (SSSR count).